The first-order valence-corrected chi connectivity index (χ1v) is 14.7. The first kappa shape index (κ1) is 26.4. The number of fused-ring (bicyclic) bond motifs is 3. The van der Waals surface area contributed by atoms with Gasteiger partial charge in [0.05, 0.1) is 28.2 Å². The van der Waals surface area contributed by atoms with Crippen LogP contribution in [0.4, 0.5) is 5.69 Å². The fraction of sp³-hybridized carbons (Fsp3) is 0.267. The highest BCUT2D eigenvalue weighted by molar-refractivity contribution is 14.1. The van der Waals surface area contributed by atoms with E-state index in [0.29, 0.717) is 38.0 Å². The molecular weight excluding hydrogens is 724 g/mol. The normalized spacial score (nSPS) is 26.2. The number of amides is 2. The van der Waals surface area contributed by atoms with Crippen LogP contribution in [-0.4, -0.2) is 35.6 Å². The zero-order chi connectivity index (χ0) is 27.7. The Labute approximate surface area is 252 Å². The van der Waals surface area contributed by atoms with Crippen molar-refractivity contribution < 1.29 is 29.0 Å². The van der Waals surface area contributed by atoms with Gasteiger partial charge in [-0.05, 0) is 119 Å². The van der Waals surface area contributed by atoms with Gasteiger partial charge in [0.15, 0.2) is 23.1 Å². The number of allylic oxidation sites excluding steroid dienone is 6. The molecule has 1 fully saturated rings. The highest BCUT2D eigenvalue weighted by Crippen LogP contribution is 2.56. The van der Waals surface area contributed by atoms with Crippen molar-refractivity contribution in [3.8, 4) is 11.5 Å². The lowest BCUT2D eigenvalue weighted by Gasteiger charge is -2.42. The van der Waals surface area contributed by atoms with E-state index in [-0.39, 0.29) is 41.3 Å². The van der Waals surface area contributed by atoms with Gasteiger partial charge in [-0.25, -0.2) is 0 Å². The summed E-state index contributed by atoms with van der Waals surface area (Å²) in [7, 11) is 1.46. The number of aromatic hydroxyl groups is 1. The highest BCUT2D eigenvalue weighted by atomic mass is 127. The number of methoxy groups -OCH3 is 1. The Balaban J connectivity index is 1.51. The fourth-order valence-corrected chi connectivity index (χ4v) is 7.51. The van der Waals surface area contributed by atoms with Gasteiger partial charge in [0.1, 0.15) is 0 Å². The molecule has 0 aromatic heterocycles. The number of ether oxygens (including phenoxy) is 1. The molecule has 0 spiro atoms. The molecule has 1 heterocycles. The summed E-state index contributed by atoms with van der Waals surface area (Å²) in [6.45, 7) is 1.63. The number of imide groups is 1. The smallest absolute Gasteiger partial charge is 0.238 e. The van der Waals surface area contributed by atoms with Crippen LogP contribution in [0.1, 0.15) is 31.2 Å². The van der Waals surface area contributed by atoms with Crippen LogP contribution in [0.15, 0.2) is 70.8 Å². The van der Waals surface area contributed by atoms with Crippen LogP contribution in [0.3, 0.4) is 0 Å². The molecule has 6 rings (SSSR count). The number of carbonyl (C=O) groups excluding carboxylic acids is 4. The molecule has 2 aromatic rings. The van der Waals surface area contributed by atoms with Crippen LogP contribution in [0.5, 0.6) is 11.5 Å². The number of carbonyl (C=O) groups is 4. The molecule has 0 saturated carbocycles. The maximum absolute atomic E-state index is 13.9. The first-order chi connectivity index (χ1) is 18.6. The third-order valence-electron chi connectivity index (χ3n) is 8.25. The predicted molar refractivity (Wildman–Crippen MR) is 160 cm³/mol. The van der Waals surface area contributed by atoms with Crippen LogP contribution in [0, 0.1) is 24.9 Å². The zero-order valence-electron chi connectivity index (χ0n) is 21.0. The molecule has 1 N–H and O–H groups in total. The van der Waals surface area contributed by atoms with Crippen molar-refractivity contribution in [2.24, 2.45) is 17.8 Å². The molecule has 7 nitrogen and oxygen atoms in total. The topological polar surface area (TPSA) is 101 Å². The van der Waals surface area contributed by atoms with E-state index < -0.39 is 23.7 Å². The Morgan fingerprint density at radius 3 is 2.41 bits per heavy atom. The van der Waals surface area contributed by atoms with Crippen LogP contribution < -0.4 is 9.64 Å². The SMILES string of the molecule is COc1cc(C2C3=CCC4C(=O)N(c5ccc(I)cc5)C(=O)C4C3CC3=C2C(=O)C=C(C)C3=O)cc(I)c1O. The average molecular weight is 747 g/mol. The molecule has 2 aromatic carbocycles. The summed E-state index contributed by atoms with van der Waals surface area (Å²) in [5.41, 5.74) is 3.26. The monoisotopic (exact) mass is 747 g/mol. The first-order valence-electron chi connectivity index (χ1n) is 12.5. The number of benzene rings is 2. The average Bonchev–Trinajstić information content (AvgIpc) is 3.18. The van der Waals surface area contributed by atoms with Gasteiger partial charge >= 0.3 is 0 Å². The quantitative estimate of drug-likeness (QED) is 0.200. The molecule has 2 amide bonds. The van der Waals surface area contributed by atoms with E-state index in [1.165, 1.54) is 18.1 Å². The Morgan fingerprint density at radius 2 is 1.72 bits per heavy atom. The number of Topliss-reactive ketones (excluding diaryl/α,β-unsaturated/α-hetero) is 1. The molecule has 1 aliphatic heterocycles. The standard InChI is InChI=1S/C30H23I2NO6/c1-13-9-22(34)26-20(27(13)35)12-19-17(24(26)14-10-21(32)28(36)23(11-14)39-2)7-8-18-25(19)30(38)33(29(18)37)16-5-3-15(31)4-6-16/h3-7,9-11,18-19,24-25,36H,8,12H2,1-2H3. The van der Waals surface area contributed by atoms with Crippen molar-refractivity contribution in [3.63, 3.8) is 0 Å². The molecule has 3 aliphatic carbocycles. The Kier molecular flexibility index (Phi) is 6.56. The number of rotatable bonds is 3. The van der Waals surface area contributed by atoms with E-state index in [1.807, 2.05) is 40.8 Å². The summed E-state index contributed by atoms with van der Waals surface area (Å²) >= 11 is 4.19. The van der Waals surface area contributed by atoms with Crippen LogP contribution in [0.25, 0.3) is 0 Å². The van der Waals surface area contributed by atoms with E-state index in [9.17, 15) is 24.3 Å². The van der Waals surface area contributed by atoms with Gasteiger partial charge in [0.2, 0.25) is 11.8 Å². The Bertz CT molecular complexity index is 1590. The van der Waals surface area contributed by atoms with Gasteiger partial charge in [-0.2, -0.15) is 0 Å². The Hall–Kier alpha value is -2.80. The second kappa shape index (κ2) is 9.69. The summed E-state index contributed by atoms with van der Waals surface area (Å²) in [5.74, 6) is -2.88. The third kappa shape index (κ3) is 4.02. The molecule has 1 saturated heterocycles. The maximum atomic E-state index is 13.9. The van der Waals surface area contributed by atoms with Crippen molar-refractivity contribution in [2.45, 2.75) is 25.7 Å². The number of ketones is 2. The lowest BCUT2D eigenvalue weighted by atomic mass is 9.59. The van der Waals surface area contributed by atoms with Crippen molar-refractivity contribution in [2.75, 3.05) is 12.0 Å². The molecule has 0 radical (unpaired) electrons. The number of halogens is 2. The minimum absolute atomic E-state index is 0.00683. The van der Waals surface area contributed by atoms with E-state index >= 15 is 0 Å². The number of nitrogens with zero attached hydrogens (tertiary/aromatic N) is 1. The minimum Gasteiger partial charge on any atom is -0.504 e. The van der Waals surface area contributed by atoms with Crippen molar-refractivity contribution >= 4 is 74.2 Å². The second-order valence-corrected chi connectivity index (χ2v) is 12.7. The zero-order valence-corrected chi connectivity index (χ0v) is 25.3. The number of phenolic OH excluding ortho intramolecular Hbond substituents is 1. The number of anilines is 1. The minimum atomic E-state index is -0.638. The van der Waals surface area contributed by atoms with E-state index in [0.717, 1.165) is 9.14 Å². The second-order valence-electron chi connectivity index (χ2n) is 10.3. The van der Waals surface area contributed by atoms with Crippen LogP contribution in [0.2, 0.25) is 0 Å². The molecule has 4 aliphatic rings. The fourth-order valence-electron chi connectivity index (χ4n) is 6.52. The van der Waals surface area contributed by atoms with Gasteiger partial charge in [-0.15, -0.1) is 0 Å². The molecule has 198 valence electrons. The number of phenols is 1. The van der Waals surface area contributed by atoms with Crippen LogP contribution in [-0.2, 0) is 19.2 Å². The predicted octanol–water partition coefficient (Wildman–Crippen LogP) is 5.24. The van der Waals surface area contributed by atoms with Crippen LogP contribution >= 0.6 is 45.2 Å². The summed E-state index contributed by atoms with van der Waals surface area (Å²) in [5, 5.41) is 10.5. The Morgan fingerprint density at radius 1 is 1.00 bits per heavy atom. The number of hydrogen-bond donors (Lipinski definition) is 1. The van der Waals surface area contributed by atoms with Gasteiger partial charge in [0.25, 0.3) is 0 Å². The van der Waals surface area contributed by atoms with E-state index in [4.69, 9.17) is 4.74 Å². The summed E-state index contributed by atoms with van der Waals surface area (Å²) in [6, 6.07) is 10.7. The van der Waals surface area contributed by atoms with E-state index in [2.05, 4.69) is 22.6 Å². The maximum Gasteiger partial charge on any atom is 0.238 e. The van der Waals surface area contributed by atoms with Crippen molar-refractivity contribution in [1.29, 1.82) is 0 Å². The molecular formula is C30H23I2NO6. The van der Waals surface area contributed by atoms with Gasteiger partial charge in [0, 0.05) is 26.2 Å². The lowest BCUT2D eigenvalue weighted by Crippen LogP contribution is -2.39. The van der Waals surface area contributed by atoms with Crippen molar-refractivity contribution in [3.05, 3.63) is 83.5 Å². The van der Waals surface area contributed by atoms with Gasteiger partial charge < -0.3 is 9.84 Å². The summed E-state index contributed by atoms with van der Waals surface area (Å²) in [4.78, 5) is 55.7. The molecule has 4 unspecified atom stereocenters. The number of hydrogen-bond acceptors (Lipinski definition) is 6. The lowest BCUT2D eigenvalue weighted by molar-refractivity contribution is -0.123. The molecule has 39 heavy (non-hydrogen) atoms. The van der Waals surface area contributed by atoms with Crippen molar-refractivity contribution in [1.82, 2.24) is 0 Å². The highest BCUT2D eigenvalue weighted by Gasteiger charge is 2.56. The molecule has 9 heteroatoms. The largest absolute Gasteiger partial charge is 0.504 e. The molecule has 4 atom stereocenters. The summed E-state index contributed by atoms with van der Waals surface area (Å²) in [6.07, 6.45) is 3.95. The molecule has 0 bridgehead atoms. The third-order valence-corrected chi connectivity index (χ3v) is 9.79. The summed E-state index contributed by atoms with van der Waals surface area (Å²) < 4.78 is 6.94. The van der Waals surface area contributed by atoms with Gasteiger partial charge in [-0.3, -0.25) is 24.1 Å². The van der Waals surface area contributed by atoms with E-state index in [1.54, 1.807) is 31.2 Å². The van der Waals surface area contributed by atoms with Gasteiger partial charge in [-0.1, -0.05) is 11.6 Å².